The highest BCUT2D eigenvalue weighted by Gasteiger charge is 2.30. The van der Waals surface area contributed by atoms with Crippen LogP contribution in [-0.4, -0.2) is 19.1 Å². The summed E-state index contributed by atoms with van der Waals surface area (Å²) >= 11 is 0. The molecule has 1 atom stereocenters. The van der Waals surface area contributed by atoms with E-state index in [1.165, 1.54) is 12.1 Å². The molecule has 0 fully saturated rings. The highest BCUT2D eigenvalue weighted by Crippen LogP contribution is 2.23. The standard InChI is InChI=1S/C14H18F3NO3/c1-3-4-10(2)9-20-13(19)18-11-5-7-12(8-6-11)21-14(15,16)17/h5-8,10H,3-4,9H2,1-2H3,(H,18,19). The Morgan fingerprint density at radius 2 is 1.90 bits per heavy atom. The Hall–Kier alpha value is -1.92. The lowest BCUT2D eigenvalue weighted by Crippen LogP contribution is -2.18. The van der Waals surface area contributed by atoms with Gasteiger partial charge in [-0.2, -0.15) is 0 Å². The Morgan fingerprint density at radius 3 is 2.43 bits per heavy atom. The minimum Gasteiger partial charge on any atom is -0.449 e. The van der Waals surface area contributed by atoms with Gasteiger partial charge < -0.3 is 9.47 Å². The summed E-state index contributed by atoms with van der Waals surface area (Å²) in [5.74, 6) is -0.0821. The third-order valence-electron chi connectivity index (χ3n) is 2.61. The van der Waals surface area contributed by atoms with E-state index in [-0.39, 0.29) is 11.7 Å². The molecule has 0 aliphatic heterocycles. The molecule has 1 aromatic rings. The van der Waals surface area contributed by atoms with Crippen molar-refractivity contribution in [2.75, 3.05) is 11.9 Å². The van der Waals surface area contributed by atoms with Crippen molar-refractivity contribution in [3.63, 3.8) is 0 Å². The molecule has 1 amide bonds. The second kappa shape index (κ2) is 7.75. The van der Waals surface area contributed by atoms with Crippen molar-refractivity contribution in [2.45, 2.75) is 33.1 Å². The second-order valence-electron chi connectivity index (χ2n) is 4.69. The van der Waals surface area contributed by atoms with Gasteiger partial charge in [0.15, 0.2) is 0 Å². The number of amides is 1. The van der Waals surface area contributed by atoms with E-state index in [0.717, 1.165) is 25.0 Å². The normalized spacial score (nSPS) is 12.6. The summed E-state index contributed by atoms with van der Waals surface area (Å²) in [6.45, 7) is 4.32. The van der Waals surface area contributed by atoms with Gasteiger partial charge in [-0.1, -0.05) is 20.3 Å². The number of rotatable bonds is 6. The summed E-state index contributed by atoms with van der Waals surface area (Å²) in [7, 11) is 0. The molecule has 0 heterocycles. The van der Waals surface area contributed by atoms with Crippen LogP contribution >= 0.6 is 0 Å². The van der Waals surface area contributed by atoms with Crippen LogP contribution in [0, 0.1) is 5.92 Å². The molecule has 0 radical (unpaired) electrons. The molecular weight excluding hydrogens is 287 g/mol. The van der Waals surface area contributed by atoms with Crippen LogP contribution in [0.1, 0.15) is 26.7 Å². The van der Waals surface area contributed by atoms with Crippen LogP contribution in [0.2, 0.25) is 0 Å². The molecule has 1 rings (SSSR count). The number of carbonyl (C=O) groups excluding carboxylic acids is 1. The van der Waals surface area contributed by atoms with Crippen molar-refractivity contribution >= 4 is 11.8 Å². The van der Waals surface area contributed by atoms with Crippen LogP contribution in [0.4, 0.5) is 23.7 Å². The zero-order valence-electron chi connectivity index (χ0n) is 11.9. The third-order valence-corrected chi connectivity index (χ3v) is 2.61. The van der Waals surface area contributed by atoms with Crippen molar-refractivity contribution in [2.24, 2.45) is 5.92 Å². The van der Waals surface area contributed by atoms with E-state index in [0.29, 0.717) is 12.3 Å². The number of alkyl halides is 3. The molecule has 7 heteroatoms. The van der Waals surface area contributed by atoms with E-state index in [1.807, 2.05) is 13.8 Å². The number of nitrogens with one attached hydrogen (secondary N) is 1. The molecule has 118 valence electrons. The first-order chi connectivity index (χ1) is 9.80. The SMILES string of the molecule is CCCC(C)COC(=O)Nc1ccc(OC(F)(F)F)cc1. The number of hydrogen-bond donors (Lipinski definition) is 1. The van der Waals surface area contributed by atoms with Crippen LogP contribution in [0.5, 0.6) is 5.75 Å². The Bertz CT molecular complexity index is 446. The zero-order valence-corrected chi connectivity index (χ0v) is 11.9. The van der Waals surface area contributed by atoms with Crippen LogP contribution in [0.25, 0.3) is 0 Å². The lowest BCUT2D eigenvalue weighted by Gasteiger charge is -2.12. The molecule has 1 N–H and O–H groups in total. The average molecular weight is 305 g/mol. The maximum atomic E-state index is 12.0. The average Bonchev–Trinajstić information content (AvgIpc) is 2.37. The molecule has 0 saturated carbocycles. The smallest absolute Gasteiger partial charge is 0.449 e. The largest absolute Gasteiger partial charge is 0.573 e. The molecule has 1 aromatic carbocycles. The first-order valence-corrected chi connectivity index (χ1v) is 6.59. The van der Waals surface area contributed by atoms with Crippen LogP contribution in [0.15, 0.2) is 24.3 Å². The van der Waals surface area contributed by atoms with E-state index in [1.54, 1.807) is 0 Å². The molecule has 0 spiro atoms. The van der Waals surface area contributed by atoms with Gasteiger partial charge in [-0.25, -0.2) is 4.79 Å². The maximum Gasteiger partial charge on any atom is 0.573 e. The molecular formula is C14H18F3NO3. The van der Waals surface area contributed by atoms with Crippen molar-refractivity contribution in [3.8, 4) is 5.75 Å². The van der Waals surface area contributed by atoms with Crippen LogP contribution in [0.3, 0.4) is 0 Å². The number of anilines is 1. The van der Waals surface area contributed by atoms with E-state index in [4.69, 9.17) is 4.74 Å². The van der Waals surface area contributed by atoms with Crippen molar-refractivity contribution in [1.29, 1.82) is 0 Å². The molecule has 0 saturated heterocycles. The molecule has 0 aliphatic rings. The van der Waals surface area contributed by atoms with Crippen LogP contribution < -0.4 is 10.1 Å². The summed E-state index contributed by atoms with van der Waals surface area (Å²) in [4.78, 5) is 11.5. The van der Waals surface area contributed by atoms with E-state index in [2.05, 4.69) is 10.1 Å². The minimum absolute atomic E-state index is 0.267. The fourth-order valence-corrected chi connectivity index (χ4v) is 1.69. The van der Waals surface area contributed by atoms with Crippen molar-refractivity contribution in [1.82, 2.24) is 0 Å². The topological polar surface area (TPSA) is 47.6 Å². The molecule has 0 aromatic heterocycles. The fraction of sp³-hybridized carbons (Fsp3) is 0.500. The first-order valence-electron chi connectivity index (χ1n) is 6.59. The maximum absolute atomic E-state index is 12.0. The number of ether oxygens (including phenoxy) is 2. The quantitative estimate of drug-likeness (QED) is 0.837. The van der Waals surface area contributed by atoms with Gasteiger partial charge in [-0.3, -0.25) is 5.32 Å². The van der Waals surface area contributed by atoms with Crippen molar-refractivity contribution in [3.05, 3.63) is 24.3 Å². The summed E-state index contributed by atoms with van der Waals surface area (Å²) in [6.07, 6.45) is -3.41. The van der Waals surface area contributed by atoms with Gasteiger partial charge in [0.1, 0.15) is 5.75 Å². The zero-order chi connectivity index (χ0) is 15.9. The molecule has 1 unspecified atom stereocenters. The van der Waals surface area contributed by atoms with Crippen molar-refractivity contribution < 1.29 is 27.4 Å². The predicted molar refractivity (Wildman–Crippen MR) is 72.2 cm³/mol. The first kappa shape index (κ1) is 17.1. The summed E-state index contributed by atoms with van der Waals surface area (Å²) in [5.41, 5.74) is 0.331. The van der Waals surface area contributed by atoms with Gasteiger partial charge in [0.25, 0.3) is 0 Å². The van der Waals surface area contributed by atoms with Gasteiger partial charge in [0, 0.05) is 5.69 Å². The van der Waals surface area contributed by atoms with Crippen LogP contribution in [-0.2, 0) is 4.74 Å². The molecule has 0 bridgehead atoms. The highest BCUT2D eigenvalue weighted by atomic mass is 19.4. The second-order valence-corrected chi connectivity index (χ2v) is 4.69. The predicted octanol–water partition coefficient (Wildman–Crippen LogP) is 4.57. The number of benzene rings is 1. The highest BCUT2D eigenvalue weighted by molar-refractivity contribution is 5.84. The van der Waals surface area contributed by atoms with Gasteiger partial charge >= 0.3 is 12.5 Å². The van der Waals surface area contributed by atoms with E-state index in [9.17, 15) is 18.0 Å². The number of halogens is 3. The summed E-state index contributed by atoms with van der Waals surface area (Å²) < 4.78 is 44.7. The third kappa shape index (κ3) is 7.43. The van der Waals surface area contributed by atoms with Gasteiger partial charge in [0.05, 0.1) is 6.61 Å². The van der Waals surface area contributed by atoms with E-state index >= 15 is 0 Å². The Kier molecular flexibility index (Phi) is 6.33. The van der Waals surface area contributed by atoms with Gasteiger partial charge in [-0.05, 0) is 36.6 Å². The summed E-state index contributed by atoms with van der Waals surface area (Å²) in [6, 6.07) is 4.83. The van der Waals surface area contributed by atoms with Gasteiger partial charge in [0.2, 0.25) is 0 Å². The lowest BCUT2D eigenvalue weighted by molar-refractivity contribution is -0.274. The molecule has 0 aliphatic carbocycles. The fourth-order valence-electron chi connectivity index (χ4n) is 1.69. The molecule has 21 heavy (non-hydrogen) atoms. The Labute approximate surface area is 121 Å². The monoisotopic (exact) mass is 305 g/mol. The summed E-state index contributed by atoms with van der Waals surface area (Å²) in [5, 5.41) is 2.43. The van der Waals surface area contributed by atoms with E-state index < -0.39 is 12.5 Å². The molecule has 4 nitrogen and oxygen atoms in total. The lowest BCUT2D eigenvalue weighted by atomic mass is 10.1. The number of hydrogen-bond acceptors (Lipinski definition) is 3. The Balaban J connectivity index is 2.43. The van der Waals surface area contributed by atoms with Gasteiger partial charge in [-0.15, -0.1) is 13.2 Å². The Morgan fingerprint density at radius 1 is 1.29 bits per heavy atom. The minimum atomic E-state index is -4.73. The number of carbonyl (C=O) groups is 1.